The van der Waals surface area contributed by atoms with Crippen LogP contribution in [0.4, 0.5) is 0 Å². The summed E-state index contributed by atoms with van der Waals surface area (Å²) in [6.07, 6.45) is 0. The highest BCUT2D eigenvalue weighted by atomic mass is 16.5. The molecule has 0 aliphatic rings. The van der Waals surface area contributed by atoms with Crippen molar-refractivity contribution in [3.63, 3.8) is 0 Å². The van der Waals surface area contributed by atoms with Crippen LogP contribution >= 0.6 is 0 Å². The van der Waals surface area contributed by atoms with Crippen LogP contribution in [0.3, 0.4) is 0 Å². The topological polar surface area (TPSA) is 52.3 Å². The Kier molecular flexibility index (Phi) is 2.76. The zero-order valence-electron chi connectivity index (χ0n) is 10.3. The van der Waals surface area contributed by atoms with Gasteiger partial charge in [0.2, 0.25) is 5.89 Å². The third-order valence-corrected chi connectivity index (χ3v) is 2.67. The monoisotopic (exact) mass is 253 g/mol. The second-order valence-corrected chi connectivity index (χ2v) is 4.08. The smallest absolute Gasteiger partial charge is 0.308 e. The van der Waals surface area contributed by atoms with Crippen molar-refractivity contribution in [1.82, 2.24) is 4.98 Å². The van der Waals surface area contributed by atoms with Gasteiger partial charge in [0.05, 0.1) is 5.56 Å². The summed E-state index contributed by atoms with van der Waals surface area (Å²) in [5, 5.41) is 0. The van der Waals surface area contributed by atoms with Gasteiger partial charge in [-0.15, -0.1) is 0 Å². The Hall–Kier alpha value is -2.62. The molecule has 94 valence electrons. The van der Waals surface area contributed by atoms with Gasteiger partial charge in [-0.25, -0.2) is 4.98 Å². The molecule has 4 heteroatoms. The Bertz CT molecular complexity index is 713. The lowest BCUT2D eigenvalue weighted by Crippen LogP contribution is -2.02. The summed E-state index contributed by atoms with van der Waals surface area (Å²) in [5.74, 6) is 0.517. The lowest BCUT2D eigenvalue weighted by molar-refractivity contribution is -0.131. The van der Waals surface area contributed by atoms with Crippen LogP contribution in [0.25, 0.3) is 22.6 Å². The van der Waals surface area contributed by atoms with Gasteiger partial charge in [-0.3, -0.25) is 4.79 Å². The minimum absolute atomic E-state index is 0.372. The van der Waals surface area contributed by atoms with Crippen molar-refractivity contribution < 1.29 is 13.9 Å². The zero-order valence-corrected chi connectivity index (χ0v) is 10.3. The van der Waals surface area contributed by atoms with Gasteiger partial charge in [0.1, 0.15) is 11.3 Å². The van der Waals surface area contributed by atoms with E-state index in [0.717, 1.165) is 5.52 Å². The Morgan fingerprint density at radius 3 is 2.63 bits per heavy atom. The first-order valence-corrected chi connectivity index (χ1v) is 5.87. The highest BCUT2D eigenvalue weighted by molar-refractivity contribution is 5.79. The van der Waals surface area contributed by atoms with Gasteiger partial charge in [0.15, 0.2) is 5.58 Å². The van der Waals surface area contributed by atoms with Gasteiger partial charge in [0, 0.05) is 6.92 Å². The number of benzene rings is 2. The first kappa shape index (κ1) is 11.5. The number of fused-ring (bicyclic) bond motifs is 1. The first-order chi connectivity index (χ1) is 9.24. The first-order valence-electron chi connectivity index (χ1n) is 5.87. The van der Waals surface area contributed by atoms with Crippen LogP contribution in [0.5, 0.6) is 5.75 Å². The van der Waals surface area contributed by atoms with E-state index in [1.54, 1.807) is 12.1 Å². The van der Waals surface area contributed by atoms with Crippen molar-refractivity contribution in [2.45, 2.75) is 6.92 Å². The van der Waals surface area contributed by atoms with E-state index in [1.807, 2.05) is 36.4 Å². The maximum absolute atomic E-state index is 11.1. The maximum atomic E-state index is 11.1. The summed E-state index contributed by atoms with van der Waals surface area (Å²) in [7, 11) is 0. The number of hydrogen-bond acceptors (Lipinski definition) is 4. The highest BCUT2D eigenvalue weighted by Gasteiger charge is 2.13. The number of para-hydroxylation sites is 3. The molecule has 0 radical (unpaired) electrons. The fraction of sp³-hybridized carbons (Fsp3) is 0.0667. The molecule has 3 aromatic rings. The van der Waals surface area contributed by atoms with Crippen LogP contribution in [0, 0.1) is 0 Å². The van der Waals surface area contributed by atoms with E-state index >= 15 is 0 Å². The molecular formula is C15H11NO3. The van der Waals surface area contributed by atoms with Gasteiger partial charge in [-0.2, -0.15) is 0 Å². The lowest BCUT2D eigenvalue weighted by Gasteiger charge is -2.04. The maximum Gasteiger partial charge on any atom is 0.308 e. The highest BCUT2D eigenvalue weighted by Crippen LogP contribution is 2.31. The van der Waals surface area contributed by atoms with Gasteiger partial charge in [-0.1, -0.05) is 24.3 Å². The molecule has 0 unspecified atom stereocenters. The van der Waals surface area contributed by atoms with Crippen LogP contribution in [-0.2, 0) is 4.79 Å². The predicted molar refractivity (Wildman–Crippen MR) is 70.8 cm³/mol. The largest absolute Gasteiger partial charge is 0.436 e. The van der Waals surface area contributed by atoms with Crippen LogP contribution in [0.15, 0.2) is 52.9 Å². The number of ether oxygens (including phenoxy) is 1. The third kappa shape index (κ3) is 2.20. The number of carbonyl (C=O) groups excluding carboxylic acids is 1. The van der Waals surface area contributed by atoms with E-state index in [1.165, 1.54) is 6.92 Å². The van der Waals surface area contributed by atoms with Crippen molar-refractivity contribution in [2.75, 3.05) is 0 Å². The number of rotatable bonds is 2. The molecule has 0 spiro atoms. The van der Waals surface area contributed by atoms with E-state index in [2.05, 4.69) is 4.98 Å². The fourth-order valence-electron chi connectivity index (χ4n) is 1.87. The van der Waals surface area contributed by atoms with E-state index in [-0.39, 0.29) is 5.97 Å². The Balaban J connectivity index is 2.13. The molecule has 0 saturated carbocycles. The molecule has 0 N–H and O–H groups in total. The number of oxazole rings is 1. The Morgan fingerprint density at radius 1 is 1.11 bits per heavy atom. The average molecular weight is 253 g/mol. The molecule has 0 fully saturated rings. The minimum Gasteiger partial charge on any atom is -0.436 e. The Morgan fingerprint density at radius 2 is 1.84 bits per heavy atom. The van der Waals surface area contributed by atoms with Gasteiger partial charge < -0.3 is 9.15 Å². The summed E-state index contributed by atoms with van der Waals surface area (Å²) >= 11 is 0. The fourth-order valence-corrected chi connectivity index (χ4v) is 1.87. The molecule has 0 aliphatic carbocycles. The van der Waals surface area contributed by atoms with Crippen LogP contribution in [0.2, 0.25) is 0 Å². The van der Waals surface area contributed by atoms with Crippen molar-refractivity contribution in [2.24, 2.45) is 0 Å². The van der Waals surface area contributed by atoms with Crippen molar-refractivity contribution in [3.8, 4) is 17.2 Å². The second kappa shape index (κ2) is 4.57. The number of carbonyl (C=O) groups is 1. The molecule has 19 heavy (non-hydrogen) atoms. The Labute approximate surface area is 109 Å². The quantitative estimate of drug-likeness (QED) is 0.518. The molecule has 4 nitrogen and oxygen atoms in total. The van der Waals surface area contributed by atoms with Gasteiger partial charge in [-0.05, 0) is 24.3 Å². The summed E-state index contributed by atoms with van der Waals surface area (Å²) in [5.41, 5.74) is 2.14. The molecule has 3 rings (SSSR count). The molecule has 0 atom stereocenters. The van der Waals surface area contributed by atoms with Gasteiger partial charge >= 0.3 is 5.97 Å². The van der Waals surface area contributed by atoms with Gasteiger partial charge in [0.25, 0.3) is 0 Å². The normalized spacial score (nSPS) is 10.6. The van der Waals surface area contributed by atoms with Crippen molar-refractivity contribution >= 4 is 17.1 Å². The molecule has 0 bridgehead atoms. The summed E-state index contributed by atoms with van der Waals surface area (Å²) in [6, 6.07) is 14.7. The number of aromatic nitrogens is 1. The predicted octanol–water partition coefficient (Wildman–Crippen LogP) is 3.42. The van der Waals surface area contributed by atoms with Crippen LogP contribution in [0.1, 0.15) is 6.92 Å². The molecule has 2 aromatic carbocycles. The molecule has 0 amide bonds. The van der Waals surface area contributed by atoms with Crippen molar-refractivity contribution in [3.05, 3.63) is 48.5 Å². The van der Waals surface area contributed by atoms with Crippen molar-refractivity contribution in [1.29, 1.82) is 0 Å². The zero-order chi connectivity index (χ0) is 13.2. The molecule has 1 aromatic heterocycles. The third-order valence-electron chi connectivity index (χ3n) is 2.67. The lowest BCUT2D eigenvalue weighted by atomic mass is 10.2. The SMILES string of the molecule is CC(=O)Oc1ccccc1-c1nc2ccccc2o1. The number of hydrogen-bond donors (Lipinski definition) is 0. The molecule has 0 saturated heterocycles. The summed E-state index contributed by atoms with van der Waals surface area (Å²) in [6.45, 7) is 1.36. The van der Waals surface area contributed by atoms with E-state index in [0.29, 0.717) is 22.8 Å². The number of esters is 1. The van der Waals surface area contributed by atoms with E-state index in [9.17, 15) is 4.79 Å². The number of nitrogens with zero attached hydrogens (tertiary/aromatic N) is 1. The molecule has 0 aliphatic heterocycles. The molecule has 1 heterocycles. The van der Waals surface area contributed by atoms with E-state index < -0.39 is 0 Å². The van der Waals surface area contributed by atoms with Crippen LogP contribution < -0.4 is 4.74 Å². The minimum atomic E-state index is -0.372. The van der Waals surface area contributed by atoms with E-state index in [4.69, 9.17) is 9.15 Å². The summed E-state index contributed by atoms with van der Waals surface area (Å²) in [4.78, 5) is 15.5. The second-order valence-electron chi connectivity index (χ2n) is 4.08. The summed E-state index contributed by atoms with van der Waals surface area (Å²) < 4.78 is 10.8. The molecular weight excluding hydrogens is 242 g/mol. The average Bonchev–Trinajstić information content (AvgIpc) is 2.82. The standard InChI is InChI=1S/C15H11NO3/c1-10(17)18-13-8-4-2-6-11(13)15-16-12-7-3-5-9-14(12)19-15/h2-9H,1H3. The van der Waals surface area contributed by atoms with Crippen LogP contribution in [-0.4, -0.2) is 11.0 Å².